The summed E-state index contributed by atoms with van der Waals surface area (Å²) in [7, 11) is 1.88. The highest BCUT2D eigenvalue weighted by Crippen LogP contribution is 2.42. The first-order chi connectivity index (χ1) is 6.20. The number of nitrogens with zero attached hydrogens (tertiary/aromatic N) is 1. The van der Waals surface area contributed by atoms with Crippen LogP contribution in [0.1, 0.15) is 19.8 Å². The standard InChI is InChI=1S/C11H15NO/c1-3-11-7-5-4-6-9(11)8-12(2)10(11)13/h5-7H,3-4,8H2,1-2H3. The summed E-state index contributed by atoms with van der Waals surface area (Å²) in [4.78, 5) is 13.8. The average molecular weight is 177 g/mol. The normalized spacial score (nSPS) is 32.0. The van der Waals surface area contributed by atoms with E-state index >= 15 is 0 Å². The minimum absolute atomic E-state index is 0.261. The molecule has 0 spiro atoms. The van der Waals surface area contributed by atoms with E-state index in [1.165, 1.54) is 5.57 Å². The molecule has 13 heavy (non-hydrogen) atoms. The van der Waals surface area contributed by atoms with Gasteiger partial charge in [-0.1, -0.05) is 25.2 Å². The number of carbonyl (C=O) groups excluding carboxylic acids is 1. The third-order valence-electron chi connectivity index (χ3n) is 3.17. The van der Waals surface area contributed by atoms with E-state index in [9.17, 15) is 4.79 Å². The Bertz CT molecular complexity index is 303. The maximum Gasteiger partial charge on any atom is 0.236 e. The van der Waals surface area contributed by atoms with Crippen LogP contribution in [0.25, 0.3) is 0 Å². The Morgan fingerprint density at radius 1 is 1.62 bits per heavy atom. The van der Waals surface area contributed by atoms with Gasteiger partial charge in [0.15, 0.2) is 0 Å². The van der Waals surface area contributed by atoms with Gasteiger partial charge in [0.1, 0.15) is 0 Å². The van der Waals surface area contributed by atoms with Crippen LogP contribution in [0.4, 0.5) is 0 Å². The summed E-state index contributed by atoms with van der Waals surface area (Å²) < 4.78 is 0. The monoisotopic (exact) mass is 177 g/mol. The Hall–Kier alpha value is -1.05. The summed E-state index contributed by atoms with van der Waals surface area (Å²) in [5, 5.41) is 0. The lowest BCUT2D eigenvalue weighted by Crippen LogP contribution is -2.31. The zero-order chi connectivity index (χ0) is 9.47. The van der Waals surface area contributed by atoms with Crippen LogP contribution in [0.5, 0.6) is 0 Å². The van der Waals surface area contributed by atoms with E-state index in [4.69, 9.17) is 0 Å². The molecule has 0 aromatic heterocycles. The van der Waals surface area contributed by atoms with Crippen LogP contribution in [0.2, 0.25) is 0 Å². The number of likely N-dealkylation sites (tertiary alicyclic amines) is 1. The van der Waals surface area contributed by atoms with Crippen molar-refractivity contribution in [1.82, 2.24) is 4.90 Å². The lowest BCUT2D eigenvalue weighted by molar-refractivity contribution is -0.132. The Labute approximate surface area is 78.9 Å². The zero-order valence-corrected chi connectivity index (χ0v) is 8.21. The molecule has 1 atom stereocenters. The van der Waals surface area contributed by atoms with E-state index in [1.54, 1.807) is 0 Å². The second kappa shape index (κ2) is 2.72. The van der Waals surface area contributed by atoms with Crippen LogP contribution in [-0.4, -0.2) is 24.4 Å². The Balaban J connectivity index is 2.46. The average Bonchev–Trinajstić information content (AvgIpc) is 2.41. The molecule has 0 radical (unpaired) electrons. The van der Waals surface area contributed by atoms with Crippen molar-refractivity contribution in [1.29, 1.82) is 0 Å². The molecule has 1 fully saturated rings. The quantitative estimate of drug-likeness (QED) is 0.559. The van der Waals surface area contributed by atoms with E-state index in [-0.39, 0.29) is 11.3 Å². The van der Waals surface area contributed by atoms with Gasteiger partial charge in [-0.2, -0.15) is 0 Å². The molecule has 1 aliphatic carbocycles. The molecule has 0 bridgehead atoms. The molecule has 1 aliphatic heterocycles. The second-order valence-electron chi connectivity index (χ2n) is 3.85. The van der Waals surface area contributed by atoms with Crippen molar-refractivity contribution in [2.45, 2.75) is 19.8 Å². The van der Waals surface area contributed by atoms with Gasteiger partial charge < -0.3 is 4.90 Å². The molecule has 1 unspecified atom stereocenters. The van der Waals surface area contributed by atoms with E-state index < -0.39 is 0 Å². The van der Waals surface area contributed by atoms with Crippen molar-refractivity contribution < 1.29 is 4.79 Å². The highest BCUT2D eigenvalue weighted by atomic mass is 16.2. The number of hydrogen-bond donors (Lipinski definition) is 0. The van der Waals surface area contributed by atoms with Crippen LogP contribution in [0.3, 0.4) is 0 Å². The fourth-order valence-corrected chi connectivity index (χ4v) is 2.35. The largest absolute Gasteiger partial charge is 0.341 e. The lowest BCUT2D eigenvalue weighted by atomic mass is 9.76. The van der Waals surface area contributed by atoms with Crippen molar-refractivity contribution >= 4 is 5.91 Å². The Morgan fingerprint density at radius 2 is 2.38 bits per heavy atom. The first-order valence-electron chi connectivity index (χ1n) is 4.83. The molecule has 2 nitrogen and oxygen atoms in total. The molecule has 0 aromatic rings. The minimum atomic E-state index is -0.271. The van der Waals surface area contributed by atoms with Crippen molar-refractivity contribution in [3.63, 3.8) is 0 Å². The summed E-state index contributed by atoms with van der Waals surface area (Å²) in [5.74, 6) is 0.261. The number of allylic oxidation sites excluding steroid dienone is 2. The van der Waals surface area contributed by atoms with Crippen LogP contribution in [0, 0.1) is 5.41 Å². The summed E-state index contributed by atoms with van der Waals surface area (Å²) in [6.07, 6.45) is 8.26. The first-order valence-corrected chi connectivity index (χ1v) is 4.83. The Kier molecular flexibility index (Phi) is 1.79. The number of hydrogen-bond acceptors (Lipinski definition) is 1. The van der Waals surface area contributed by atoms with Gasteiger partial charge in [-0.3, -0.25) is 4.79 Å². The maximum atomic E-state index is 11.9. The number of amides is 1. The smallest absolute Gasteiger partial charge is 0.236 e. The van der Waals surface area contributed by atoms with Gasteiger partial charge in [0.05, 0.1) is 5.41 Å². The zero-order valence-electron chi connectivity index (χ0n) is 8.21. The highest BCUT2D eigenvalue weighted by molar-refractivity contribution is 5.91. The second-order valence-corrected chi connectivity index (χ2v) is 3.85. The molecule has 2 aliphatic rings. The molecule has 2 rings (SSSR count). The van der Waals surface area contributed by atoms with Crippen LogP contribution in [0.15, 0.2) is 23.8 Å². The molecular formula is C11H15NO. The number of carbonyl (C=O) groups is 1. The van der Waals surface area contributed by atoms with Gasteiger partial charge in [0.2, 0.25) is 5.91 Å². The number of likely N-dealkylation sites (N-methyl/N-ethyl adjacent to an activating group) is 1. The van der Waals surface area contributed by atoms with Gasteiger partial charge >= 0.3 is 0 Å². The minimum Gasteiger partial charge on any atom is -0.341 e. The third kappa shape index (κ3) is 0.978. The fraction of sp³-hybridized carbons (Fsp3) is 0.545. The molecule has 70 valence electrons. The van der Waals surface area contributed by atoms with E-state index in [2.05, 4.69) is 25.2 Å². The van der Waals surface area contributed by atoms with E-state index in [0.29, 0.717) is 0 Å². The summed E-state index contributed by atoms with van der Waals surface area (Å²) >= 11 is 0. The van der Waals surface area contributed by atoms with Crippen LogP contribution >= 0.6 is 0 Å². The number of fused-ring (bicyclic) bond motifs is 1. The molecule has 0 saturated carbocycles. The Morgan fingerprint density at radius 3 is 3.00 bits per heavy atom. The molecule has 1 saturated heterocycles. The van der Waals surface area contributed by atoms with Crippen molar-refractivity contribution in [2.24, 2.45) is 5.41 Å². The van der Waals surface area contributed by atoms with Gasteiger partial charge in [0.25, 0.3) is 0 Å². The van der Waals surface area contributed by atoms with Gasteiger partial charge in [0, 0.05) is 13.6 Å². The van der Waals surface area contributed by atoms with Gasteiger partial charge in [-0.25, -0.2) is 0 Å². The first kappa shape index (κ1) is 8.54. The van der Waals surface area contributed by atoms with Crippen LogP contribution < -0.4 is 0 Å². The summed E-state index contributed by atoms with van der Waals surface area (Å²) in [6.45, 7) is 2.90. The maximum absolute atomic E-state index is 11.9. The molecule has 1 amide bonds. The molecule has 0 aromatic carbocycles. The molecule has 2 heteroatoms. The molecule has 1 heterocycles. The third-order valence-corrected chi connectivity index (χ3v) is 3.17. The SMILES string of the molecule is CCC12C=CCC=C1CN(C)C2=O. The van der Waals surface area contributed by atoms with Crippen molar-refractivity contribution in [2.75, 3.05) is 13.6 Å². The predicted molar refractivity (Wildman–Crippen MR) is 52.2 cm³/mol. The van der Waals surface area contributed by atoms with Gasteiger partial charge in [-0.05, 0) is 18.4 Å². The van der Waals surface area contributed by atoms with E-state index in [1.807, 2.05) is 11.9 Å². The van der Waals surface area contributed by atoms with Crippen LogP contribution in [-0.2, 0) is 4.79 Å². The lowest BCUT2D eigenvalue weighted by Gasteiger charge is -2.25. The van der Waals surface area contributed by atoms with Gasteiger partial charge in [-0.15, -0.1) is 0 Å². The predicted octanol–water partition coefficient (Wildman–Crippen LogP) is 1.74. The summed E-state index contributed by atoms with van der Waals surface area (Å²) in [5.41, 5.74) is 1.03. The fourth-order valence-electron chi connectivity index (χ4n) is 2.35. The topological polar surface area (TPSA) is 20.3 Å². The summed E-state index contributed by atoms with van der Waals surface area (Å²) in [6, 6.07) is 0. The van der Waals surface area contributed by atoms with E-state index in [0.717, 1.165) is 19.4 Å². The van der Waals surface area contributed by atoms with Crippen molar-refractivity contribution in [3.05, 3.63) is 23.8 Å². The van der Waals surface area contributed by atoms with Crippen molar-refractivity contribution in [3.8, 4) is 0 Å². The number of rotatable bonds is 1. The highest BCUT2D eigenvalue weighted by Gasteiger charge is 2.46. The molecule has 0 N–H and O–H groups in total. The molecular weight excluding hydrogens is 162 g/mol.